The number of aromatic nitrogens is 4. The summed E-state index contributed by atoms with van der Waals surface area (Å²) in [5.74, 6) is -0.889. The van der Waals surface area contributed by atoms with Crippen LogP contribution in [0.3, 0.4) is 0 Å². The van der Waals surface area contributed by atoms with Crippen LogP contribution in [0.4, 0.5) is 10.6 Å². The average Bonchev–Trinajstić information content (AvgIpc) is 3.21. The number of aryl methyl sites for hydroxylation is 1. The van der Waals surface area contributed by atoms with Crippen molar-refractivity contribution >= 4 is 17.9 Å². The maximum Gasteiger partial charge on any atom is 0.409 e. The van der Waals surface area contributed by atoms with Crippen molar-refractivity contribution in [2.45, 2.75) is 58.2 Å². The first-order chi connectivity index (χ1) is 16.3. The van der Waals surface area contributed by atoms with Crippen molar-refractivity contribution < 1.29 is 24.2 Å². The summed E-state index contributed by atoms with van der Waals surface area (Å²) >= 11 is 0. The Labute approximate surface area is 198 Å². The van der Waals surface area contributed by atoms with E-state index in [2.05, 4.69) is 27.1 Å². The number of ether oxygens (including phenoxy) is 2. The molecule has 0 spiro atoms. The number of carbonyl (C=O) groups excluding carboxylic acids is 1. The molecule has 182 valence electrons. The van der Waals surface area contributed by atoms with Crippen LogP contribution in [-0.2, 0) is 23.2 Å². The Morgan fingerprint density at radius 2 is 2.15 bits per heavy atom. The van der Waals surface area contributed by atoms with Gasteiger partial charge in [0.1, 0.15) is 18.1 Å². The van der Waals surface area contributed by atoms with Gasteiger partial charge in [0.25, 0.3) is 0 Å². The first kappa shape index (κ1) is 25.0. The third kappa shape index (κ3) is 6.01. The normalized spacial score (nSPS) is 17.6. The van der Waals surface area contributed by atoms with Gasteiger partial charge in [0.05, 0.1) is 12.0 Å². The molecule has 0 aliphatic heterocycles. The van der Waals surface area contributed by atoms with Gasteiger partial charge in [0, 0.05) is 20.6 Å². The largest absolute Gasteiger partial charge is 0.500 e. The molecule has 1 N–H and O–H groups in total. The van der Waals surface area contributed by atoms with Gasteiger partial charge in [0.2, 0.25) is 0 Å². The molecular formula is C23H30N6O5. The van der Waals surface area contributed by atoms with E-state index >= 15 is 0 Å². The molecule has 11 heteroatoms. The van der Waals surface area contributed by atoms with Gasteiger partial charge in [-0.05, 0) is 44.2 Å². The van der Waals surface area contributed by atoms with Crippen molar-refractivity contribution in [3.8, 4) is 17.1 Å². The van der Waals surface area contributed by atoms with Crippen molar-refractivity contribution in [3.05, 3.63) is 29.2 Å². The van der Waals surface area contributed by atoms with E-state index in [1.807, 2.05) is 0 Å². The molecule has 1 amide bonds. The molecule has 2 atom stereocenters. The van der Waals surface area contributed by atoms with Gasteiger partial charge in [-0.1, -0.05) is 25.1 Å². The maximum absolute atomic E-state index is 12.2. The molecule has 1 aliphatic carbocycles. The molecule has 2 heterocycles. The van der Waals surface area contributed by atoms with E-state index in [1.165, 1.54) is 9.58 Å². The monoisotopic (exact) mass is 470 g/mol. The second kappa shape index (κ2) is 11.4. The van der Waals surface area contributed by atoms with Gasteiger partial charge in [0.15, 0.2) is 11.4 Å². The minimum Gasteiger partial charge on any atom is -0.500 e. The van der Waals surface area contributed by atoms with E-state index in [-0.39, 0.29) is 18.5 Å². The average molecular weight is 471 g/mol. The van der Waals surface area contributed by atoms with Crippen LogP contribution in [-0.4, -0.2) is 61.7 Å². The van der Waals surface area contributed by atoms with Gasteiger partial charge in [-0.3, -0.25) is 4.79 Å². The third-order valence-corrected chi connectivity index (χ3v) is 5.89. The molecule has 3 rings (SSSR count). The summed E-state index contributed by atoms with van der Waals surface area (Å²) in [6.07, 6.45) is 3.68. The van der Waals surface area contributed by atoms with Crippen LogP contribution < -0.4 is 4.74 Å². The second-order valence-electron chi connectivity index (χ2n) is 8.41. The third-order valence-electron chi connectivity index (χ3n) is 5.89. The summed E-state index contributed by atoms with van der Waals surface area (Å²) < 4.78 is 12.9. The fourth-order valence-electron chi connectivity index (χ4n) is 3.86. The standard InChI is InChI=1S/C23H30N6O5/c1-5-6-12-28(3)23(32)33-14-18-20(26-27-29(18)4)17-10-11-19(21(24-2)25-17)34-16-9-7-8-15(13-16)22(30)31/h10-11,15-16H,5-9,12-14H2,1,3-4H3,(H,30,31)/t15-,16-/m0/s1. The molecule has 0 radical (unpaired) electrons. The van der Waals surface area contributed by atoms with E-state index < -0.39 is 18.0 Å². The van der Waals surface area contributed by atoms with E-state index in [4.69, 9.17) is 16.0 Å². The Hall–Kier alpha value is -3.68. The Balaban J connectivity index is 1.74. The van der Waals surface area contributed by atoms with E-state index in [9.17, 15) is 14.7 Å². The number of amides is 1. The van der Waals surface area contributed by atoms with E-state index in [0.29, 0.717) is 42.2 Å². The predicted molar refractivity (Wildman–Crippen MR) is 122 cm³/mol. The van der Waals surface area contributed by atoms with Crippen LogP contribution in [0.15, 0.2) is 12.1 Å². The van der Waals surface area contributed by atoms with Crippen molar-refractivity contribution in [3.63, 3.8) is 0 Å². The van der Waals surface area contributed by atoms with Gasteiger partial charge in [-0.15, -0.1) is 10.1 Å². The molecule has 1 fully saturated rings. The molecule has 11 nitrogen and oxygen atoms in total. The van der Waals surface area contributed by atoms with Gasteiger partial charge in [-0.2, -0.15) is 0 Å². The molecule has 1 saturated carbocycles. The lowest BCUT2D eigenvalue weighted by Crippen LogP contribution is -2.29. The summed E-state index contributed by atoms with van der Waals surface area (Å²) in [7, 11) is 3.38. The fourth-order valence-corrected chi connectivity index (χ4v) is 3.86. The molecule has 0 saturated heterocycles. The topological polar surface area (TPSA) is 124 Å². The zero-order valence-electron chi connectivity index (χ0n) is 19.7. The smallest absolute Gasteiger partial charge is 0.409 e. The highest BCUT2D eigenvalue weighted by Crippen LogP contribution is 2.34. The summed E-state index contributed by atoms with van der Waals surface area (Å²) in [5, 5.41) is 17.5. The highest BCUT2D eigenvalue weighted by Gasteiger charge is 2.29. The lowest BCUT2D eigenvalue weighted by atomic mass is 9.87. The predicted octanol–water partition coefficient (Wildman–Crippen LogP) is 3.82. The van der Waals surface area contributed by atoms with Crippen molar-refractivity contribution in [2.24, 2.45) is 13.0 Å². The number of hydrogen-bond donors (Lipinski definition) is 1. The van der Waals surface area contributed by atoms with Crippen LogP contribution >= 0.6 is 0 Å². The zero-order chi connectivity index (χ0) is 24.7. The number of nitrogens with zero attached hydrogens (tertiary/aromatic N) is 6. The van der Waals surface area contributed by atoms with E-state index in [1.54, 1.807) is 26.2 Å². The number of carboxylic acid groups (broad SMARTS) is 1. The van der Waals surface area contributed by atoms with Crippen LogP contribution in [0.25, 0.3) is 16.2 Å². The minimum atomic E-state index is -0.820. The number of unbranched alkanes of at least 4 members (excludes halogenated alkanes) is 1. The number of carbonyl (C=O) groups is 2. The minimum absolute atomic E-state index is 0.0416. The Morgan fingerprint density at radius 3 is 2.85 bits per heavy atom. The summed E-state index contributed by atoms with van der Waals surface area (Å²) in [6, 6.07) is 3.31. The van der Waals surface area contributed by atoms with E-state index in [0.717, 1.165) is 25.7 Å². The number of rotatable bonds is 9. The number of hydrogen-bond acceptors (Lipinski definition) is 7. The molecule has 0 unspecified atom stereocenters. The maximum atomic E-state index is 12.2. The van der Waals surface area contributed by atoms with Gasteiger partial charge >= 0.3 is 17.9 Å². The SMILES string of the molecule is [C-]#[N+]c1nc(-c2nnn(C)c2COC(=O)N(C)CCCC)ccc1O[C@H]1CCC[C@H](C(=O)O)C1. The molecule has 2 aromatic rings. The summed E-state index contributed by atoms with van der Waals surface area (Å²) in [6.45, 7) is 10.2. The first-order valence-electron chi connectivity index (χ1n) is 11.4. The van der Waals surface area contributed by atoms with Gasteiger partial charge in [-0.25, -0.2) is 9.48 Å². The van der Waals surface area contributed by atoms with Crippen molar-refractivity contribution in [1.29, 1.82) is 0 Å². The molecule has 0 bridgehead atoms. The second-order valence-corrected chi connectivity index (χ2v) is 8.41. The van der Waals surface area contributed by atoms with Crippen LogP contribution in [0, 0.1) is 12.5 Å². The Morgan fingerprint density at radius 1 is 1.35 bits per heavy atom. The van der Waals surface area contributed by atoms with Crippen LogP contribution in [0.2, 0.25) is 0 Å². The summed E-state index contributed by atoms with van der Waals surface area (Å²) in [5.41, 5.74) is 1.36. The lowest BCUT2D eigenvalue weighted by molar-refractivity contribution is -0.143. The van der Waals surface area contributed by atoms with Crippen molar-refractivity contribution in [2.75, 3.05) is 13.6 Å². The molecule has 0 aromatic carbocycles. The molecular weight excluding hydrogens is 440 g/mol. The zero-order valence-corrected chi connectivity index (χ0v) is 19.7. The molecule has 1 aliphatic rings. The van der Waals surface area contributed by atoms with Crippen LogP contribution in [0.5, 0.6) is 5.75 Å². The fraction of sp³-hybridized carbons (Fsp3) is 0.565. The number of aliphatic carboxylic acids is 1. The quantitative estimate of drug-likeness (QED) is 0.549. The Bertz CT molecular complexity index is 1060. The van der Waals surface area contributed by atoms with Crippen molar-refractivity contribution in [1.82, 2.24) is 24.9 Å². The molecule has 34 heavy (non-hydrogen) atoms. The van der Waals surface area contributed by atoms with Crippen LogP contribution in [0.1, 0.15) is 51.1 Å². The lowest BCUT2D eigenvalue weighted by Gasteiger charge is -2.27. The molecule has 2 aromatic heterocycles. The van der Waals surface area contributed by atoms with Gasteiger partial charge < -0.3 is 24.3 Å². The first-order valence-corrected chi connectivity index (χ1v) is 11.4. The highest BCUT2D eigenvalue weighted by molar-refractivity contribution is 5.70. The number of pyridine rings is 1. The summed E-state index contributed by atoms with van der Waals surface area (Å²) in [4.78, 5) is 33.0. The Kier molecular flexibility index (Phi) is 8.40. The number of carboxylic acids is 1. The highest BCUT2D eigenvalue weighted by atomic mass is 16.6.